The van der Waals surface area contributed by atoms with E-state index in [0.29, 0.717) is 19.3 Å². The molecule has 0 radical (unpaired) electrons. The lowest BCUT2D eigenvalue weighted by Gasteiger charge is -2.18. The van der Waals surface area contributed by atoms with Gasteiger partial charge in [0.25, 0.3) is 0 Å². The van der Waals surface area contributed by atoms with Gasteiger partial charge in [-0.25, -0.2) is 0 Å². The zero-order chi connectivity index (χ0) is 50.0. The van der Waals surface area contributed by atoms with Crippen molar-refractivity contribution in [1.29, 1.82) is 0 Å². The lowest BCUT2D eigenvalue weighted by Crippen LogP contribution is -2.30. The highest BCUT2D eigenvalue weighted by Gasteiger charge is 2.19. The molecule has 1 atom stereocenters. The molecule has 0 amide bonds. The number of unbranched alkanes of at least 4 members (excludes halogenated alkanes) is 27. The quantitative estimate of drug-likeness (QED) is 0.0262. The molecule has 0 aromatic rings. The maximum Gasteiger partial charge on any atom is 0.306 e. The Morgan fingerprint density at radius 1 is 0.304 bits per heavy atom. The van der Waals surface area contributed by atoms with E-state index in [1.54, 1.807) is 0 Å². The summed E-state index contributed by atoms with van der Waals surface area (Å²) >= 11 is 0. The Labute approximate surface area is 426 Å². The standard InChI is InChI=1S/C63H108O6/c1-4-7-10-13-16-19-22-25-27-29-30-31-32-34-35-38-41-44-47-50-53-56-62(65)68-59-60(58-67-61(64)55-52-49-46-43-40-37-24-21-18-15-12-9-6-3)69-63(66)57-54-51-48-45-42-39-36-33-28-26-23-20-17-14-11-8-5-2/h9,12,18,21-22,25-26,28-30,37,40,46,49,60H,4-8,10-11,13-17,19-20,23-24,27,31-36,38-39,41-45,47-48,50-59H2,1-3H3/b12-9-,21-18-,25-22-,28-26-,30-29-,40-37-,49-46-. The van der Waals surface area contributed by atoms with Crippen LogP contribution in [0.25, 0.3) is 0 Å². The summed E-state index contributed by atoms with van der Waals surface area (Å²) in [5, 5.41) is 0. The van der Waals surface area contributed by atoms with Crippen LogP contribution in [0.1, 0.15) is 278 Å². The maximum atomic E-state index is 12.8. The fourth-order valence-electron chi connectivity index (χ4n) is 8.01. The van der Waals surface area contributed by atoms with Crippen molar-refractivity contribution in [3.05, 3.63) is 85.1 Å². The third-order valence-electron chi connectivity index (χ3n) is 12.4. The van der Waals surface area contributed by atoms with Gasteiger partial charge in [-0.2, -0.15) is 0 Å². The highest BCUT2D eigenvalue weighted by molar-refractivity contribution is 5.71. The van der Waals surface area contributed by atoms with Crippen LogP contribution < -0.4 is 0 Å². The van der Waals surface area contributed by atoms with E-state index >= 15 is 0 Å². The summed E-state index contributed by atoms with van der Waals surface area (Å²) in [4.78, 5) is 38.1. The zero-order valence-electron chi connectivity index (χ0n) is 45.3. The van der Waals surface area contributed by atoms with Crippen LogP contribution in [-0.2, 0) is 28.6 Å². The number of allylic oxidation sites excluding steroid dienone is 14. The predicted octanol–water partition coefficient (Wildman–Crippen LogP) is 19.5. The minimum atomic E-state index is -0.810. The summed E-state index contributed by atoms with van der Waals surface area (Å²) in [7, 11) is 0. The van der Waals surface area contributed by atoms with Gasteiger partial charge in [0.2, 0.25) is 0 Å². The number of hydrogen-bond donors (Lipinski definition) is 0. The molecule has 6 heteroatoms. The Kier molecular flexibility index (Phi) is 54.3. The number of ether oxygens (including phenoxy) is 3. The van der Waals surface area contributed by atoms with Crippen molar-refractivity contribution in [3.8, 4) is 0 Å². The molecular weight excluding hydrogens is 853 g/mol. The molecule has 0 saturated carbocycles. The van der Waals surface area contributed by atoms with Gasteiger partial charge >= 0.3 is 17.9 Å². The molecule has 6 nitrogen and oxygen atoms in total. The summed E-state index contributed by atoms with van der Waals surface area (Å²) in [5.74, 6) is -0.990. The molecular formula is C63H108O6. The monoisotopic (exact) mass is 961 g/mol. The Balaban J connectivity index is 4.41. The third-order valence-corrected chi connectivity index (χ3v) is 12.4. The smallest absolute Gasteiger partial charge is 0.306 e. The Morgan fingerprint density at radius 3 is 0.986 bits per heavy atom. The van der Waals surface area contributed by atoms with Crippen LogP contribution in [0.15, 0.2) is 85.1 Å². The van der Waals surface area contributed by atoms with Crippen molar-refractivity contribution in [1.82, 2.24) is 0 Å². The van der Waals surface area contributed by atoms with Crippen LogP contribution in [0.5, 0.6) is 0 Å². The highest BCUT2D eigenvalue weighted by Crippen LogP contribution is 2.15. The third kappa shape index (κ3) is 55.4. The summed E-state index contributed by atoms with van der Waals surface area (Å²) < 4.78 is 16.8. The molecule has 0 aliphatic heterocycles. The molecule has 0 saturated heterocycles. The highest BCUT2D eigenvalue weighted by atomic mass is 16.6. The molecule has 0 N–H and O–H groups in total. The Morgan fingerprint density at radius 2 is 0.594 bits per heavy atom. The van der Waals surface area contributed by atoms with Crippen LogP contribution in [0.2, 0.25) is 0 Å². The molecule has 396 valence electrons. The van der Waals surface area contributed by atoms with Crippen molar-refractivity contribution in [2.24, 2.45) is 0 Å². The molecule has 0 heterocycles. The van der Waals surface area contributed by atoms with E-state index in [1.807, 2.05) is 6.08 Å². The number of carbonyl (C=O) groups excluding carboxylic acids is 3. The first-order chi connectivity index (χ1) is 34.0. The minimum Gasteiger partial charge on any atom is -0.462 e. The van der Waals surface area contributed by atoms with Gasteiger partial charge in [-0.05, 0) is 103 Å². The van der Waals surface area contributed by atoms with E-state index in [2.05, 4.69) is 99.8 Å². The molecule has 0 rings (SSSR count). The van der Waals surface area contributed by atoms with Gasteiger partial charge in [-0.15, -0.1) is 0 Å². The van der Waals surface area contributed by atoms with Gasteiger partial charge in [-0.3, -0.25) is 14.4 Å². The SMILES string of the molecule is CC/C=C\C/C=C\C/C=C\C/C=C\CCC(=O)OCC(COC(=O)CCCCCCCCCCC/C=C\C/C=C\CCCCCCC)OC(=O)CCCCCCCCC/C=C\CCCCCCCC. The van der Waals surface area contributed by atoms with E-state index in [4.69, 9.17) is 14.2 Å². The lowest BCUT2D eigenvalue weighted by atomic mass is 10.1. The van der Waals surface area contributed by atoms with Crippen molar-refractivity contribution >= 4 is 17.9 Å². The Hall–Kier alpha value is -3.41. The predicted molar refractivity (Wildman–Crippen MR) is 297 cm³/mol. The fourth-order valence-corrected chi connectivity index (χ4v) is 8.01. The van der Waals surface area contributed by atoms with Crippen molar-refractivity contribution < 1.29 is 28.6 Å². The summed E-state index contributed by atoms with van der Waals surface area (Å²) in [6.07, 6.45) is 74.5. The second-order valence-electron chi connectivity index (χ2n) is 19.2. The molecule has 0 aromatic heterocycles. The lowest BCUT2D eigenvalue weighted by molar-refractivity contribution is -0.166. The van der Waals surface area contributed by atoms with Crippen LogP contribution >= 0.6 is 0 Å². The average Bonchev–Trinajstić information content (AvgIpc) is 3.35. The first-order valence-electron chi connectivity index (χ1n) is 29.1. The fraction of sp³-hybridized carbons (Fsp3) is 0.730. The summed E-state index contributed by atoms with van der Waals surface area (Å²) in [6, 6.07) is 0. The molecule has 0 aromatic carbocycles. The van der Waals surface area contributed by atoms with Gasteiger partial charge in [-0.1, -0.05) is 241 Å². The number of rotatable bonds is 52. The number of hydrogen-bond acceptors (Lipinski definition) is 6. The second kappa shape index (κ2) is 57.2. The maximum absolute atomic E-state index is 12.8. The van der Waals surface area contributed by atoms with Crippen LogP contribution in [0.4, 0.5) is 0 Å². The first-order valence-corrected chi connectivity index (χ1v) is 29.1. The molecule has 0 spiro atoms. The van der Waals surface area contributed by atoms with Crippen LogP contribution in [0.3, 0.4) is 0 Å². The van der Waals surface area contributed by atoms with E-state index in [0.717, 1.165) is 70.6 Å². The molecule has 0 bridgehead atoms. The van der Waals surface area contributed by atoms with E-state index in [-0.39, 0.29) is 37.5 Å². The van der Waals surface area contributed by atoms with Crippen molar-refractivity contribution in [2.45, 2.75) is 284 Å². The first kappa shape index (κ1) is 65.6. The van der Waals surface area contributed by atoms with E-state index in [9.17, 15) is 14.4 Å². The molecule has 0 aliphatic rings. The summed E-state index contributed by atoms with van der Waals surface area (Å²) in [6.45, 7) is 6.45. The van der Waals surface area contributed by atoms with Gasteiger partial charge in [0.15, 0.2) is 6.10 Å². The van der Waals surface area contributed by atoms with Gasteiger partial charge in [0, 0.05) is 19.3 Å². The topological polar surface area (TPSA) is 78.9 Å². The van der Waals surface area contributed by atoms with Gasteiger partial charge < -0.3 is 14.2 Å². The Bertz CT molecular complexity index is 1330. The molecule has 0 fully saturated rings. The second-order valence-corrected chi connectivity index (χ2v) is 19.2. The van der Waals surface area contributed by atoms with Crippen molar-refractivity contribution in [2.75, 3.05) is 13.2 Å². The van der Waals surface area contributed by atoms with E-state index < -0.39 is 6.10 Å². The number of carbonyl (C=O) groups is 3. The summed E-state index contributed by atoms with van der Waals surface area (Å²) in [5.41, 5.74) is 0. The van der Waals surface area contributed by atoms with Gasteiger partial charge in [0.1, 0.15) is 13.2 Å². The zero-order valence-corrected chi connectivity index (χ0v) is 45.3. The molecule has 0 aliphatic carbocycles. The number of esters is 3. The normalized spacial score (nSPS) is 12.7. The molecule has 1 unspecified atom stereocenters. The van der Waals surface area contributed by atoms with Crippen molar-refractivity contribution in [3.63, 3.8) is 0 Å². The minimum absolute atomic E-state index is 0.102. The van der Waals surface area contributed by atoms with Crippen LogP contribution in [0, 0.1) is 0 Å². The molecule has 69 heavy (non-hydrogen) atoms. The van der Waals surface area contributed by atoms with Gasteiger partial charge in [0.05, 0.1) is 0 Å². The average molecular weight is 962 g/mol. The van der Waals surface area contributed by atoms with Crippen LogP contribution in [-0.4, -0.2) is 37.2 Å². The largest absolute Gasteiger partial charge is 0.462 e. The van der Waals surface area contributed by atoms with E-state index in [1.165, 1.54) is 161 Å².